The molecule has 0 atom stereocenters. The summed E-state index contributed by atoms with van der Waals surface area (Å²) in [5.74, 6) is 0. The van der Waals surface area contributed by atoms with Crippen LogP contribution in [0.1, 0.15) is 35.4 Å². The molecule has 48 heavy (non-hydrogen) atoms. The highest BCUT2D eigenvalue weighted by atomic mass is 35.5. The SMILES string of the molecule is NCCCN1c2ccccc2CCc2ncccc21.O=S(=O)(NCCCN1c2ccccc2CCc2ncccc21)c1ccc(Cl)cc1. The molecule has 0 fully saturated rings. The van der Waals surface area contributed by atoms with Gasteiger partial charge in [-0.05, 0) is 117 Å². The molecule has 0 unspecified atom stereocenters. The van der Waals surface area contributed by atoms with E-state index in [1.807, 2.05) is 30.6 Å². The Morgan fingerprint density at radius 3 is 1.69 bits per heavy atom. The summed E-state index contributed by atoms with van der Waals surface area (Å²) >= 11 is 5.84. The lowest BCUT2D eigenvalue weighted by Gasteiger charge is -2.26. The molecule has 2 aromatic heterocycles. The Morgan fingerprint density at radius 2 is 1.15 bits per heavy atom. The number of benzene rings is 3. The van der Waals surface area contributed by atoms with E-state index in [0.29, 0.717) is 31.1 Å². The van der Waals surface area contributed by atoms with Gasteiger partial charge in [-0.2, -0.15) is 0 Å². The molecule has 0 saturated carbocycles. The van der Waals surface area contributed by atoms with Crippen LogP contribution in [0.2, 0.25) is 5.02 Å². The smallest absolute Gasteiger partial charge is 0.240 e. The van der Waals surface area contributed by atoms with Crippen LogP contribution < -0.4 is 20.3 Å². The summed E-state index contributed by atoms with van der Waals surface area (Å²) < 4.78 is 27.6. The number of nitrogens with zero attached hydrogens (tertiary/aromatic N) is 4. The van der Waals surface area contributed by atoms with Crippen LogP contribution in [-0.4, -0.2) is 44.6 Å². The van der Waals surface area contributed by atoms with Crippen molar-refractivity contribution in [3.8, 4) is 0 Å². The average Bonchev–Trinajstić information content (AvgIpc) is 3.38. The number of hydrogen-bond donors (Lipinski definition) is 2. The Kier molecular flexibility index (Phi) is 11.0. The minimum Gasteiger partial charge on any atom is -0.340 e. The van der Waals surface area contributed by atoms with Crippen molar-refractivity contribution >= 4 is 44.4 Å². The predicted molar refractivity (Wildman–Crippen MR) is 195 cm³/mol. The Bertz CT molecular complexity index is 1840. The maximum Gasteiger partial charge on any atom is 0.240 e. The van der Waals surface area contributed by atoms with Gasteiger partial charge in [-0.25, -0.2) is 13.1 Å². The third-order valence-corrected chi connectivity index (χ3v) is 10.4. The molecule has 0 amide bonds. The van der Waals surface area contributed by atoms with Gasteiger partial charge >= 0.3 is 0 Å². The van der Waals surface area contributed by atoms with Gasteiger partial charge in [-0.3, -0.25) is 9.97 Å². The number of nitrogens with two attached hydrogens (primary N) is 1. The second-order valence-electron chi connectivity index (χ2n) is 11.8. The summed E-state index contributed by atoms with van der Waals surface area (Å²) in [6.07, 6.45) is 9.26. The summed E-state index contributed by atoms with van der Waals surface area (Å²) in [5, 5.41) is 0.510. The number of rotatable bonds is 9. The molecule has 0 spiro atoms. The van der Waals surface area contributed by atoms with E-state index in [1.54, 1.807) is 12.1 Å². The number of sulfonamides is 1. The zero-order valence-electron chi connectivity index (χ0n) is 26.9. The van der Waals surface area contributed by atoms with Gasteiger partial charge in [0.15, 0.2) is 0 Å². The van der Waals surface area contributed by atoms with Crippen molar-refractivity contribution in [2.45, 2.75) is 43.4 Å². The van der Waals surface area contributed by atoms with Crippen molar-refractivity contribution in [3.63, 3.8) is 0 Å². The number of aromatic nitrogens is 2. The van der Waals surface area contributed by atoms with Crippen molar-refractivity contribution in [1.29, 1.82) is 0 Å². The number of halogens is 1. The molecule has 3 aromatic carbocycles. The molecule has 0 aliphatic carbocycles. The first-order valence-electron chi connectivity index (χ1n) is 16.5. The third-order valence-electron chi connectivity index (χ3n) is 8.70. The molecule has 248 valence electrons. The maximum absolute atomic E-state index is 12.5. The van der Waals surface area contributed by atoms with Crippen molar-refractivity contribution in [2.24, 2.45) is 5.73 Å². The molecule has 0 bridgehead atoms. The standard InChI is InChI=1S/C22H22ClN3O2S.C16H19N3/c23-18-9-11-19(12-10-18)29(27,28)25-15-4-16-26-21-6-2-1-5-17(21)8-13-20-22(26)7-3-14-24-20;17-10-4-12-19-15-6-2-1-5-13(15)8-9-14-16(19)7-3-11-18-14/h1-3,5-7,9-12,14,25H,4,8,13,15-16H2;1-3,5-7,11H,4,8-10,12,17H2. The van der Waals surface area contributed by atoms with Crippen LogP contribution in [0.15, 0.2) is 114 Å². The Hall–Kier alpha value is -4.28. The number of hydrogen-bond acceptors (Lipinski definition) is 7. The van der Waals surface area contributed by atoms with Crippen LogP contribution in [0.3, 0.4) is 0 Å². The number of anilines is 4. The van der Waals surface area contributed by atoms with Crippen LogP contribution in [0.4, 0.5) is 22.7 Å². The van der Waals surface area contributed by atoms with Crippen LogP contribution in [-0.2, 0) is 35.7 Å². The Balaban J connectivity index is 0.000000182. The second kappa shape index (κ2) is 15.7. The quantitative estimate of drug-likeness (QED) is 0.162. The largest absolute Gasteiger partial charge is 0.340 e. The molecule has 0 radical (unpaired) electrons. The summed E-state index contributed by atoms with van der Waals surface area (Å²) in [6, 6.07) is 31.4. The first-order chi connectivity index (χ1) is 23.4. The zero-order chi connectivity index (χ0) is 33.3. The molecule has 5 aromatic rings. The predicted octanol–water partition coefficient (Wildman–Crippen LogP) is 7.01. The monoisotopic (exact) mass is 680 g/mol. The fraction of sp³-hybridized carbons (Fsp3) is 0.263. The van der Waals surface area contributed by atoms with E-state index in [9.17, 15) is 8.42 Å². The first-order valence-corrected chi connectivity index (χ1v) is 18.3. The molecule has 2 aliphatic heterocycles. The number of nitrogens with one attached hydrogen (secondary N) is 1. The molecule has 0 saturated heterocycles. The number of aryl methyl sites for hydroxylation is 4. The molecular formula is C38H41ClN6O2S. The lowest BCUT2D eigenvalue weighted by molar-refractivity contribution is 0.579. The first kappa shape index (κ1) is 33.6. The molecule has 8 nitrogen and oxygen atoms in total. The molecular weight excluding hydrogens is 640 g/mol. The van der Waals surface area contributed by atoms with E-state index < -0.39 is 10.0 Å². The zero-order valence-corrected chi connectivity index (χ0v) is 28.5. The van der Waals surface area contributed by atoms with Crippen molar-refractivity contribution in [2.75, 3.05) is 36.0 Å². The van der Waals surface area contributed by atoms with E-state index in [-0.39, 0.29) is 4.90 Å². The van der Waals surface area contributed by atoms with Gasteiger partial charge in [-0.15, -0.1) is 0 Å². The van der Waals surface area contributed by atoms with Gasteiger partial charge in [0.25, 0.3) is 0 Å². The Morgan fingerprint density at radius 1 is 0.646 bits per heavy atom. The van der Waals surface area contributed by atoms with E-state index in [4.69, 9.17) is 17.3 Å². The van der Waals surface area contributed by atoms with Gasteiger partial charge in [-0.1, -0.05) is 48.0 Å². The summed E-state index contributed by atoms with van der Waals surface area (Å²) in [5.41, 5.74) is 15.4. The highest BCUT2D eigenvalue weighted by Gasteiger charge is 2.22. The lowest BCUT2D eigenvalue weighted by atomic mass is 10.1. The van der Waals surface area contributed by atoms with Crippen LogP contribution in [0, 0.1) is 0 Å². The number of pyridine rings is 2. The fourth-order valence-corrected chi connectivity index (χ4v) is 7.54. The van der Waals surface area contributed by atoms with Gasteiger partial charge in [0, 0.05) is 48.4 Å². The van der Waals surface area contributed by atoms with Gasteiger partial charge in [0.1, 0.15) is 0 Å². The minimum atomic E-state index is -3.55. The van der Waals surface area contributed by atoms with Gasteiger partial charge < -0.3 is 15.5 Å². The molecule has 3 N–H and O–H groups in total. The Labute approximate surface area is 288 Å². The summed E-state index contributed by atoms with van der Waals surface area (Å²) in [4.78, 5) is 14.0. The minimum absolute atomic E-state index is 0.219. The fourth-order valence-electron chi connectivity index (χ4n) is 6.34. The third kappa shape index (κ3) is 7.88. The van der Waals surface area contributed by atoms with Gasteiger partial charge in [0.2, 0.25) is 10.0 Å². The summed E-state index contributed by atoms with van der Waals surface area (Å²) in [7, 11) is -3.55. The highest BCUT2D eigenvalue weighted by Crippen LogP contribution is 2.36. The molecule has 10 heteroatoms. The lowest BCUT2D eigenvalue weighted by Crippen LogP contribution is -2.28. The summed E-state index contributed by atoms with van der Waals surface area (Å²) in [6.45, 7) is 2.71. The van der Waals surface area contributed by atoms with E-state index in [2.05, 4.69) is 79.1 Å². The highest BCUT2D eigenvalue weighted by molar-refractivity contribution is 7.89. The van der Waals surface area contributed by atoms with Crippen molar-refractivity contribution < 1.29 is 8.42 Å². The number of para-hydroxylation sites is 2. The molecule has 2 aliphatic rings. The van der Waals surface area contributed by atoms with Crippen molar-refractivity contribution in [1.82, 2.24) is 14.7 Å². The van der Waals surface area contributed by atoms with Crippen LogP contribution >= 0.6 is 11.6 Å². The molecule has 4 heterocycles. The van der Waals surface area contributed by atoms with E-state index in [1.165, 1.54) is 46.0 Å². The van der Waals surface area contributed by atoms with Gasteiger partial charge in [0.05, 0.1) is 27.7 Å². The molecule has 7 rings (SSSR count). The van der Waals surface area contributed by atoms with Crippen molar-refractivity contribution in [3.05, 3.63) is 137 Å². The second-order valence-corrected chi connectivity index (χ2v) is 14.1. The number of fused-ring (bicyclic) bond motifs is 4. The van der Waals surface area contributed by atoms with E-state index >= 15 is 0 Å². The van der Waals surface area contributed by atoms with Crippen LogP contribution in [0.5, 0.6) is 0 Å². The average molecular weight is 681 g/mol. The van der Waals surface area contributed by atoms with Crippen LogP contribution in [0.25, 0.3) is 0 Å². The normalized spacial score (nSPS) is 13.5. The maximum atomic E-state index is 12.5. The topological polar surface area (TPSA) is 104 Å². The van der Waals surface area contributed by atoms with E-state index in [0.717, 1.165) is 50.0 Å².